The van der Waals surface area contributed by atoms with Crippen molar-refractivity contribution in [2.45, 2.75) is 114 Å². The van der Waals surface area contributed by atoms with E-state index < -0.39 is 62.4 Å². The van der Waals surface area contributed by atoms with Gasteiger partial charge in [0.05, 0.1) is 33.8 Å². The number of likely N-dealkylation sites (tertiary alicyclic amines) is 1. The van der Waals surface area contributed by atoms with Gasteiger partial charge in [0.1, 0.15) is 28.9 Å². The summed E-state index contributed by atoms with van der Waals surface area (Å²) in [7, 11) is -3.54. The van der Waals surface area contributed by atoms with Crippen molar-refractivity contribution in [2.75, 3.05) is 49.5 Å². The second kappa shape index (κ2) is 16.7. The van der Waals surface area contributed by atoms with Gasteiger partial charge in [-0.2, -0.15) is 0 Å². The summed E-state index contributed by atoms with van der Waals surface area (Å²) in [5, 5.41) is 4.97. The molecule has 1 spiro atoms. The number of aromatic nitrogens is 4. The molecule has 2 aromatic heterocycles. The van der Waals surface area contributed by atoms with Gasteiger partial charge in [0.25, 0.3) is 11.8 Å². The Hall–Kier alpha value is -5.47. The number of amides is 4. The number of nitrogens with zero attached hydrogens (tertiary/aromatic N) is 8. The van der Waals surface area contributed by atoms with E-state index in [1.165, 1.54) is 12.1 Å². The summed E-state index contributed by atoms with van der Waals surface area (Å²) in [5.41, 5.74) is 1.32. The fourth-order valence-corrected chi connectivity index (χ4v) is 13.4. The zero-order valence-corrected chi connectivity index (χ0v) is 38.0. The monoisotopic (exact) mass is 930 g/mol. The Morgan fingerprint density at radius 1 is 0.818 bits per heavy atom. The van der Waals surface area contributed by atoms with Gasteiger partial charge in [0, 0.05) is 56.3 Å². The lowest BCUT2D eigenvalue weighted by Crippen LogP contribution is -2.57. The summed E-state index contributed by atoms with van der Waals surface area (Å²) in [4.78, 5) is 68.8. The number of hydrogen-bond acceptors (Lipinski definition) is 12. The number of halogens is 3. The molecule has 4 amide bonds. The Balaban J connectivity index is 0.695. The summed E-state index contributed by atoms with van der Waals surface area (Å²) in [6.07, 6.45) is 6.85. The number of imidazole rings is 1. The highest BCUT2D eigenvalue weighted by Gasteiger charge is 2.50. The molecule has 66 heavy (non-hydrogen) atoms. The number of carbonyl (C=O) groups excluding carboxylic acids is 4. The molecule has 6 aliphatic rings. The molecule has 1 aliphatic carbocycles. The Morgan fingerprint density at radius 3 is 2.17 bits per heavy atom. The van der Waals surface area contributed by atoms with E-state index in [9.17, 15) is 27.6 Å². The van der Waals surface area contributed by atoms with Crippen LogP contribution in [0.5, 0.6) is 0 Å². The van der Waals surface area contributed by atoms with Crippen LogP contribution in [0.1, 0.15) is 111 Å². The number of imide groups is 2. The van der Waals surface area contributed by atoms with Gasteiger partial charge in [0.15, 0.2) is 11.6 Å². The van der Waals surface area contributed by atoms with E-state index in [0.717, 1.165) is 42.8 Å². The fraction of sp³-hybridized carbons (Fsp3) is 0.543. The van der Waals surface area contributed by atoms with Gasteiger partial charge in [-0.15, -0.1) is 0 Å². The molecule has 5 fully saturated rings. The topological polar surface area (TPSA) is 183 Å². The predicted octanol–water partition coefficient (Wildman–Crippen LogP) is 5.32. The van der Waals surface area contributed by atoms with Crippen molar-refractivity contribution in [3.63, 3.8) is 0 Å². The van der Waals surface area contributed by atoms with Crippen LogP contribution in [0.2, 0.25) is 0 Å². The maximum Gasteiger partial charge on any atom is 0.262 e. The molecule has 4 saturated heterocycles. The number of piperidine rings is 4. The second-order valence-electron chi connectivity index (χ2n) is 19.3. The number of aryl methyl sites for hydroxylation is 1. The predicted molar refractivity (Wildman–Crippen MR) is 238 cm³/mol. The van der Waals surface area contributed by atoms with Gasteiger partial charge in [-0.25, -0.2) is 40.8 Å². The number of rotatable bonds is 9. The van der Waals surface area contributed by atoms with Crippen molar-refractivity contribution in [3.8, 4) is 11.3 Å². The molecule has 2 N–H and O–H groups in total. The molecular weight excluding hydrogens is 878 g/mol. The van der Waals surface area contributed by atoms with E-state index in [4.69, 9.17) is 0 Å². The SMILES string of the molecule is Cc1nc2c(F)cc(-c3nc(NC4CCN(S(=O)(=O)C5CCN(C6CC7(CCN(c8cc9c(cc8F)C(=O)N(C8CCC(=O)NC8=O)C9=O)CC7)C6)CC5)CC4)ncc3F)cc2n1C(C)C. The first kappa shape index (κ1) is 44.4. The van der Waals surface area contributed by atoms with Crippen LogP contribution >= 0.6 is 0 Å². The van der Waals surface area contributed by atoms with Crippen molar-refractivity contribution < 1.29 is 40.8 Å². The first-order valence-corrected chi connectivity index (χ1v) is 24.5. The molecule has 0 radical (unpaired) electrons. The Bertz CT molecular complexity index is 2770. The van der Waals surface area contributed by atoms with E-state index in [-0.39, 0.29) is 69.9 Å². The quantitative estimate of drug-likeness (QED) is 0.207. The van der Waals surface area contributed by atoms with Crippen molar-refractivity contribution in [1.29, 1.82) is 0 Å². The van der Waals surface area contributed by atoms with Crippen LogP contribution in [0.15, 0.2) is 30.5 Å². The fourth-order valence-electron chi connectivity index (χ4n) is 11.4. The minimum absolute atomic E-state index is 0.000530. The molecule has 1 atom stereocenters. The Labute approximate surface area is 380 Å². The molecule has 10 rings (SSSR count). The molecule has 0 bridgehead atoms. The third-order valence-corrected chi connectivity index (χ3v) is 17.4. The molecule has 350 valence electrons. The summed E-state index contributed by atoms with van der Waals surface area (Å²) < 4.78 is 77.2. The van der Waals surface area contributed by atoms with Crippen LogP contribution in [0.4, 0.5) is 24.8 Å². The first-order chi connectivity index (χ1) is 31.5. The maximum atomic E-state index is 15.6. The van der Waals surface area contributed by atoms with Crippen LogP contribution in [-0.2, 0) is 19.6 Å². The van der Waals surface area contributed by atoms with Crippen LogP contribution in [0, 0.1) is 29.8 Å². The standard InChI is InChI=1S/C46H53F3N10O6S/c1-25(2)58-26(3)51-41-34(48)18-27(19-38(41)58)40-35(49)24-50-45(54-40)52-28-6-14-57(15-7-28)66(64,65)30-8-12-55(13-9-30)29-22-46(23-29)10-16-56(17-11-46)37-21-32-31(20-33(37)47)43(62)59(44(32)63)36-4-5-39(60)53-42(36)61/h18-21,24-25,28-30,36H,4-17,22-23H2,1-3H3,(H,50,52,54)(H,53,60,61). The highest BCUT2D eigenvalue weighted by molar-refractivity contribution is 7.89. The third-order valence-electron chi connectivity index (χ3n) is 15.0. The normalized spacial score (nSPS) is 22.7. The van der Waals surface area contributed by atoms with Crippen LogP contribution < -0.4 is 15.5 Å². The van der Waals surface area contributed by atoms with Gasteiger partial charge < -0.3 is 19.7 Å². The minimum atomic E-state index is -3.54. The van der Waals surface area contributed by atoms with Gasteiger partial charge >= 0.3 is 0 Å². The third kappa shape index (κ3) is 7.71. The van der Waals surface area contributed by atoms with E-state index in [1.54, 1.807) is 17.3 Å². The molecule has 20 heteroatoms. The number of benzene rings is 2. The van der Waals surface area contributed by atoms with Gasteiger partial charge in [0.2, 0.25) is 27.8 Å². The van der Waals surface area contributed by atoms with E-state index in [0.29, 0.717) is 82.3 Å². The van der Waals surface area contributed by atoms with Crippen molar-refractivity contribution in [1.82, 2.24) is 38.9 Å². The van der Waals surface area contributed by atoms with Crippen LogP contribution in [0.3, 0.4) is 0 Å². The molecule has 4 aromatic rings. The van der Waals surface area contributed by atoms with Crippen LogP contribution in [0.25, 0.3) is 22.3 Å². The zero-order valence-electron chi connectivity index (χ0n) is 37.2. The summed E-state index contributed by atoms with van der Waals surface area (Å²) in [5.74, 6) is -3.61. The van der Waals surface area contributed by atoms with Crippen molar-refractivity contribution in [2.24, 2.45) is 5.41 Å². The lowest BCUT2D eigenvalue weighted by Gasteiger charge is -2.56. The molecular formula is C46H53F3N10O6S. The summed E-state index contributed by atoms with van der Waals surface area (Å²) in [6.45, 7) is 8.95. The zero-order chi connectivity index (χ0) is 46.4. The number of hydrogen-bond donors (Lipinski definition) is 2. The Morgan fingerprint density at radius 2 is 1.50 bits per heavy atom. The summed E-state index contributed by atoms with van der Waals surface area (Å²) in [6, 6.07) is 4.54. The van der Waals surface area contributed by atoms with Crippen LogP contribution in [-0.4, -0.2) is 128 Å². The number of sulfonamides is 1. The molecule has 7 heterocycles. The smallest absolute Gasteiger partial charge is 0.262 e. The summed E-state index contributed by atoms with van der Waals surface area (Å²) >= 11 is 0. The molecule has 2 aromatic carbocycles. The average molecular weight is 931 g/mol. The molecule has 1 unspecified atom stereocenters. The van der Waals surface area contributed by atoms with Gasteiger partial charge in [-0.1, -0.05) is 0 Å². The maximum absolute atomic E-state index is 15.6. The lowest BCUT2D eigenvalue weighted by atomic mass is 9.59. The second-order valence-corrected chi connectivity index (χ2v) is 21.5. The lowest BCUT2D eigenvalue weighted by molar-refractivity contribution is -0.136. The van der Waals surface area contributed by atoms with Gasteiger partial charge in [-0.05, 0) is 121 Å². The highest BCUT2D eigenvalue weighted by atomic mass is 32.2. The number of carbonyl (C=O) groups is 4. The van der Waals surface area contributed by atoms with Crippen molar-refractivity contribution >= 4 is 56.3 Å². The Kier molecular flexibility index (Phi) is 11.2. The average Bonchev–Trinajstić information content (AvgIpc) is 3.74. The minimum Gasteiger partial charge on any atom is -0.369 e. The van der Waals surface area contributed by atoms with Crippen molar-refractivity contribution in [3.05, 3.63) is 64.9 Å². The molecule has 5 aliphatic heterocycles. The van der Waals surface area contributed by atoms with E-state index >= 15 is 13.2 Å². The largest absolute Gasteiger partial charge is 0.369 e. The van der Waals surface area contributed by atoms with E-state index in [2.05, 4.69) is 30.5 Å². The molecule has 16 nitrogen and oxygen atoms in total. The van der Waals surface area contributed by atoms with E-state index in [1.807, 2.05) is 23.3 Å². The number of nitrogens with one attached hydrogen (secondary N) is 2. The van der Waals surface area contributed by atoms with Gasteiger partial charge in [-0.3, -0.25) is 29.4 Å². The first-order valence-electron chi connectivity index (χ1n) is 23.0. The number of fused-ring (bicyclic) bond motifs is 2. The number of anilines is 2. The molecule has 1 saturated carbocycles. The highest BCUT2D eigenvalue weighted by Crippen LogP contribution is 2.52.